The molecule has 1 nitrogen and oxygen atoms in total. The van der Waals surface area contributed by atoms with Crippen LogP contribution in [0.5, 0.6) is 0 Å². The summed E-state index contributed by atoms with van der Waals surface area (Å²) in [5, 5.41) is 12.2. The Kier molecular flexibility index (Phi) is 18.7. The van der Waals surface area contributed by atoms with Crippen LogP contribution in [0.25, 0.3) is 0 Å². The molecule has 4 aromatic rings. The van der Waals surface area contributed by atoms with Crippen LogP contribution in [0.15, 0.2) is 121 Å². The maximum atomic E-state index is 7.21. The zero-order valence-electron chi connectivity index (χ0n) is 19.9. The summed E-state index contributed by atoms with van der Waals surface area (Å²) < 4.78 is 0. The van der Waals surface area contributed by atoms with Gasteiger partial charge < -0.3 is 6.92 Å². The largest absolute Gasteiger partial charge is 0.305 e. The quantitative estimate of drug-likeness (QED) is 0.117. The van der Waals surface area contributed by atoms with E-state index in [9.17, 15) is 0 Å². The van der Waals surface area contributed by atoms with Crippen molar-refractivity contribution in [3.8, 4) is 6.07 Å². The van der Waals surface area contributed by atoms with E-state index in [1.54, 1.807) is 0 Å². The van der Waals surface area contributed by atoms with Gasteiger partial charge in [0.25, 0.3) is 0 Å². The molecule has 6 heteroatoms. The van der Waals surface area contributed by atoms with Gasteiger partial charge >= 0.3 is 32.0 Å². The molecule has 36 heavy (non-hydrogen) atoms. The third-order valence-corrected chi connectivity index (χ3v) is 10.1. The van der Waals surface area contributed by atoms with Gasteiger partial charge in [0.1, 0.15) is 0 Å². The molecule has 0 bridgehead atoms. The molecule has 0 amide bonds. The fraction of sp³-hybridized carbons (Fsp3) is 0. The van der Waals surface area contributed by atoms with Gasteiger partial charge in [0, 0.05) is 43.6 Å². The van der Waals surface area contributed by atoms with Gasteiger partial charge in [-0.2, -0.15) is 41.2 Å². The Balaban J connectivity index is 0.000000565. The van der Waals surface area contributed by atoms with Crippen LogP contribution < -0.4 is 21.2 Å². The Labute approximate surface area is 254 Å². The van der Waals surface area contributed by atoms with E-state index in [-0.39, 0.29) is 22.4 Å². The van der Waals surface area contributed by atoms with Crippen LogP contribution in [-0.4, -0.2) is 0 Å². The van der Waals surface area contributed by atoms with Gasteiger partial charge in [0.2, 0.25) is 0 Å². The van der Waals surface area contributed by atoms with E-state index in [2.05, 4.69) is 114 Å². The molecule has 0 spiro atoms. The van der Waals surface area contributed by atoms with Crippen molar-refractivity contribution >= 4 is 48.8 Å². The van der Waals surface area contributed by atoms with E-state index in [0.717, 1.165) is 0 Å². The Hall–Kier alpha value is -0.939. The molecule has 4 aromatic carbocycles. The molecule has 0 fully saturated rings. The standard InChI is InChI=1S/2C14H14P.C2H2N.2Au.BrH/c2*1-15(2,13-9-5-3-6-10-13)14-11-7-4-8-12-14;1-2-3;;;/h2*3-12H,1-2H2;1H2;;;1H/q3*-1;;+1;/p-1. The van der Waals surface area contributed by atoms with Crippen LogP contribution in [0, 0.1) is 44.9 Å². The number of halogens is 1. The number of benzene rings is 4. The zero-order chi connectivity index (χ0) is 26.2. The third kappa shape index (κ3) is 11.2. The van der Waals surface area contributed by atoms with Crippen LogP contribution in [0.4, 0.5) is 0 Å². The van der Waals surface area contributed by atoms with E-state index >= 15 is 0 Å². The molecule has 197 valence electrons. The number of rotatable bonds is 4. The first-order chi connectivity index (χ1) is 16.8. The van der Waals surface area contributed by atoms with E-state index in [0.29, 0.717) is 0 Å². The van der Waals surface area contributed by atoms with Gasteiger partial charge in [-0.15, -0.1) is 6.07 Å². The Morgan fingerprint density at radius 2 is 0.639 bits per heavy atom. The third-order valence-electron chi connectivity index (χ3n) is 5.00. The fourth-order valence-electron chi connectivity index (χ4n) is 3.15. The number of nitriles is 1. The summed E-state index contributed by atoms with van der Waals surface area (Å²) in [4.78, 5) is 0. The molecule has 0 aliphatic carbocycles. The molecule has 4 rings (SSSR count). The second-order valence-electron chi connectivity index (χ2n) is 7.44. The van der Waals surface area contributed by atoms with Crippen LogP contribution in [-0.2, 0) is 41.3 Å². The molecular weight excluding hydrogens is 910 g/mol. The number of nitrogens with zero attached hydrogens (tertiary/aromatic N) is 1. The van der Waals surface area contributed by atoms with Gasteiger partial charge in [-0.1, -0.05) is 72.8 Å². The molecule has 0 saturated heterocycles. The minimum atomic E-state index is -1.65. The van der Waals surface area contributed by atoms with E-state index in [4.69, 9.17) is 5.26 Å². The molecule has 0 aliphatic rings. The van der Waals surface area contributed by atoms with Crippen molar-refractivity contribution in [2.24, 2.45) is 0 Å². The van der Waals surface area contributed by atoms with Crippen LogP contribution in [0.1, 0.15) is 0 Å². The van der Waals surface area contributed by atoms with Crippen molar-refractivity contribution in [2.75, 3.05) is 0 Å². The Morgan fingerprint density at radius 1 is 0.500 bits per heavy atom. The van der Waals surface area contributed by atoms with Crippen molar-refractivity contribution in [1.82, 2.24) is 0 Å². The molecule has 0 heterocycles. The van der Waals surface area contributed by atoms with Crippen molar-refractivity contribution < 1.29 is 41.3 Å². The van der Waals surface area contributed by atoms with Crippen molar-refractivity contribution in [1.29, 1.82) is 5.26 Å². The van der Waals surface area contributed by atoms with E-state index in [1.807, 2.05) is 72.8 Å². The molecular formula is C30H30Au2BrNP2-3. The van der Waals surface area contributed by atoms with Crippen molar-refractivity contribution in [2.45, 2.75) is 0 Å². The molecule has 1 radical (unpaired) electrons. The van der Waals surface area contributed by atoms with Crippen molar-refractivity contribution in [3.05, 3.63) is 155 Å². The molecule has 0 aliphatic heterocycles. The zero-order valence-corrected chi connectivity index (χ0v) is 27.6. The first-order valence-corrected chi connectivity index (χ1v) is 19.5. The van der Waals surface area contributed by atoms with E-state index in [1.165, 1.54) is 27.3 Å². The number of hydrogen-bond acceptors (Lipinski definition) is 1. The topological polar surface area (TPSA) is 23.8 Å². The van der Waals surface area contributed by atoms with Gasteiger partial charge in [-0.05, 0) is 48.5 Å². The van der Waals surface area contributed by atoms with Gasteiger partial charge in [0.15, 0.2) is 0 Å². The smallest absolute Gasteiger partial charge is 0.0408 e. The summed E-state index contributed by atoms with van der Waals surface area (Å²) in [7, 11) is -3.29. The Morgan fingerprint density at radius 3 is 0.778 bits per heavy atom. The molecule has 0 N–H and O–H groups in total. The SMILES string of the molecule is [Au].[Br][Au].[CH2-]C#N.[CH2-][P+]([CH2-])(c1ccccc1)c1ccccc1.[CH2-][P+]([CH2-])(c1ccccc1)c1ccccc1. The predicted molar refractivity (Wildman–Crippen MR) is 159 cm³/mol. The summed E-state index contributed by atoms with van der Waals surface area (Å²) in [5.41, 5.74) is 0. The summed E-state index contributed by atoms with van der Waals surface area (Å²) in [6, 6.07) is 42.8. The maximum absolute atomic E-state index is 7.21. The molecule has 0 unspecified atom stereocenters. The maximum Gasteiger partial charge on any atom is 0.0408 e. The van der Waals surface area contributed by atoms with Crippen LogP contribution in [0.3, 0.4) is 0 Å². The first kappa shape index (κ1) is 35.1. The Bertz CT molecular complexity index is 949. The van der Waals surface area contributed by atoms with Gasteiger partial charge in [-0.3, -0.25) is 0 Å². The minimum Gasteiger partial charge on any atom is -0.305 e. The average molecular weight is 940 g/mol. The second kappa shape index (κ2) is 19.2. The molecule has 0 aromatic heterocycles. The normalized spacial score (nSPS) is 9.83. The first-order valence-electron chi connectivity index (χ1n) is 10.5. The molecule has 0 saturated carbocycles. The average Bonchev–Trinajstić information content (AvgIpc) is 2.93. The van der Waals surface area contributed by atoms with Gasteiger partial charge in [0.05, 0.1) is 0 Å². The summed E-state index contributed by atoms with van der Waals surface area (Å²) >= 11 is 4.97. The fourth-order valence-corrected chi connectivity index (χ4v) is 6.72. The number of hydrogen-bond donors (Lipinski definition) is 0. The van der Waals surface area contributed by atoms with Crippen LogP contribution in [0.2, 0.25) is 0 Å². The summed E-state index contributed by atoms with van der Waals surface area (Å²) in [6.45, 7) is 20.0. The van der Waals surface area contributed by atoms with Gasteiger partial charge in [-0.25, -0.2) is 5.26 Å². The monoisotopic (exact) mass is 939 g/mol. The van der Waals surface area contributed by atoms with Crippen LogP contribution >= 0.6 is 27.5 Å². The molecule has 0 atom stereocenters. The summed E-state index contributed by atoms with van der Waals surface area (Å²) in [5.74, 6) is 0. The summed E-state index contributed by atoms with van der Waals surface area (Å²) in [6.07, 6.45) is 0. The van der Waals surface area contributed by atoms with Crippen molar-refractivity contribution in [3.63, 3.8) is 0 Å². The van der Waals surface area contributed by atoms with E-state index < -0.39 is 14.5 Å². The second-order valence-corrected chi connectivity index (χ2v) is 13.4. The predicted octanol–water partition coefficient (Wildman–Crippen LogP) is 7.66. The minimum absolute atomic E-state index is 0.